The first-order valence-electron chi connectivity index (χ1n) is 19.2. The fourth-order valence-corrected chi connectivity index (χ4v) is 9.45. The van der Waals surface area contributed by atoms with Crippen LogP contribution in [0.2, 0.25) is 0 Å². The van der Waals surface area contributed by atoms with E-state index in [2.05, 4.69) is 132 Å². The normalized spacial score (nSPS) is 11.8. The van der Waals surface area contributed by atoms with Crippen molar-refractivity contribution in [2.24, 2.45) is 0 Å². The summed E-state index contributed by atoms with van der Waals surface area (Å²) in [5, 5.41) is 6.38. The monoisotopic (exact) mass is 762 g/mol. The lowest BCUT2D eigenvalue weighted by Crippen LogP contribution is -2.10. The highest BCUT2D eigenvalue weighted by Crippen LogP contribution is 2.45. The Morgan fingerprint density at radius 1 is 0.362 bits per heavy atom. The maximum Gasteiger partial charge on any atom is 0.164 e. The van der Waals surface area contributed by atoms with Gasteiger partial charge in [0.05, 0.1) is 5.69 Å². The summed E-state index contributed by atoms with van der Waals surface area (Å²) in [5.74, 6) is 1.77. The molecule has 0 amide bonds. The number of hydrogen-bond donors (Lipinski definition) is 0. The summed E-state index contributed by atoms with van der Waals surface area (Å²) in [6.07, 6.45) is 0. The zero-order chi connectivity index (χ0) is 38.2. The van der Waals surface area contributed by atoms with Crippen molar-refractivity contribution in [3.8, 4) is 34.2 Å². The van der Waals surface area contributed by atoms with Gasteiger partial charge in [0.15, 0.2) is 17.5 Å². The van der Waals surface area contributed by atoms with Crippen molar-refractivity contribution in [2.75, 3.05) is 4.90 Å². The van der Waals surface area contributed by atoms with E-state index in [0.29, 0.717) is 17.5 Å². The molecule has 0 saturated carbocycles. The Bertz CT molecular complexity index is 3530. The molecule has 0 fully saturated rings. The largest absolute Gasteiger partial charge is 0.456 e. The predicted molar refractivity (Wildman–Crippen MR) is 238 cm³/mol. The fourth-order valence-electron chi connectivity index (χ4n) is 8.32. The first-order valence-corrected chi connectivity index (χ1v) is 20.0. The molecule has 58 heavy (non-hydrogen) atoms. The van der Waals surface area contributed by atoms with Crippen LogP contribution < -0.4 is 4.90 Å². The van der Waals surface area contributed by atoms with Crippen molar-refractivity contribution in [3.63, 3.8) is 0 Å². The molecule has 12 rings (SSSR count). The van der Waals surface area contributed by atoms with Gasteiger partial charge < -0.3 is 13.7 Å². The second-order valence-electron chi connectivity index (χ2n) is 14.4. The molecule has 0 unspecified atom stereocenters. The first kappa shape index (κ1) is 32.6. The molecule has 0 aliphatic rings. The molecular formula is C51H30N4O2S. The quantitative estimate of drug-likeness (QED) is 0.168. The molecule has 6 nitrogen and oxygen atoms in total. The van der Waals surface area contributed by atoms with E-state index >= 15 is 0 Å². The molecule has 0 atom stereocenters. The lowest BCUT2D eigenvalue weighted by atomic mass is 10.0. The Hall–Kier alpha value is -7.61. The smallest absolute Gasteiger partial charge is 0.164 e. The molecule has 8 aromatic carbocycles. The molecule has 0 N–H and O–H groups in total. The number of aromatic nitrogens is 3. The summed E-state index contributed by atoms with van der Waals surface area (Å²) in [4.78, 5) is 18.2. The van der Waals surface area contributed by atoms with Crippen LogP contribution in [0.4, 0.5) is 17.1 Å². The Morgan fingerprint density at radius 2 is 0.983 bits per heavy atom. The van der Waals surface area contributed by atoms with E-state index in [4.69, 9.17) is 23.8 Å². The second kappa shape index (κ2) is 13.0. The van der Waals surface area contributed by atoms with E-state index in [0.717, 1.165) is 83.0 Å². The van der Waals surface area contributed by atoms with Gasteiger partial charge >= 0.3 is 0 Å². The Morgan fingerprint density at radius 3 is 1.81 bits per heavy atom. The van der Waals surface area contributed by atoms with Gasteiger partial charge in [0.1, 0.15) is 22.3 Å². The SMILES string of the molecule is c1ccc(-c2nc(-c3cc(N(c4ccccc4)c4ccc5oc6ccccc6c5c4)cc4oc5ccccc5c34)nc(-c3cccc4sc5ccccc5c34)n2)cc1. The van der Waals surface area contributed by atoms with Gasteiger partial charge in [-0.1, -0.05) is 115 Å². The maximum absolute atomic E-state index is 6.71. The van der Waals surface area contributed by atoms with Crippen LogP contribution in [-0.2, 0) is 0 Å². The minimum absolute atomic E-state index is 0.558. The average Bonchev–Trinajstić information content (AvgIpc) is 3.98. The van der Waals surface area contributed by atoms with Gasteiger partial charge in [-0.05, 0) is 60.7 Å². The van der Waals surface area contributed by atoms with Crippen LogP contribution >= 0.6 is 11.3 Å². The van der Waals surface area contributed by atoms with E-state index < -0.39 is 0 Å². The number of hydrogen-bond acceptors (Lipinski definition) is 7. The second-order valence-corrected chi connectivity index (χ2v) is 15.4. The number of furan rings is 2. The highest BCUT2D eigenvalue weighted by atomic mass is 32.1. The summed E-state index contributed by atoms with van der Waals surface area (Å²) >= 11 is 1.78. The van der Waals surface area contributed by atoms with Crippen LogP contribution in [0.1, 0.15) is 0 Å². The van der Waals surface area contributed by atoms with Crippen molar-refractivity contribution in [1.29, 1.82) is 0 Å². The van der Waals surface area contributed by atoms with E-state index in [1.165, 1.54) is 14.8 Å². The number of rotatable bonds is 6. The van der Waals surface area contributed by atoms with Crippen LogP contribution in [0, 0.1) is 0 Å². The van der Waals surface area contributed by atoms with Gasteiger partial charge in [0.25, 0.3) is 0 Å². The topological polar surface area (TPSA) is 68.2 Å². The lowest BCUT2D eigenvalue weighted by molar-refractivity contribution is 0.668. The summed E-state index contributed by atoms with van der Waals surface area (Å²) in [7, 11) is 0. The van der Waals surface area contributed by atoms with Gasteiger partial charge in [-0.2, -0.15) is 0 Å². The van der Waals surface area contributed by atoms with E-state index in [1.54, 1.807) is 11.3 Å². The summed E-state index contributed by atoms with van der Waals surface area (Å²) < 4.78 is 15.4. The molecule has 0 bridgehead atoms. The van der Waals surface area contributed by atoms with E-state index in [-0.39, 0.29) is 0 Å². The molecule has 12 aromatic rings. The number of nitrogens with zero attached hydrogens (tertiary/aromatic N) is 4. The average molecular weight is 763 g/mol. The van der Waals surface area contributed by atoms with Gasteiger partial charge in [0.2, 0.25) is 0 Å². The molecule has 4 heterocycles. The van der Waals surface area contributed by atoms with Crippen LogP contribution in [0.3, 0.4) is 0 Å². The lowest BCUT2D eigenvalue weighted by Gasteiger charge is -2.26. The summed E-state index contributed by atoms with van der Waals surface area (Å²) in [6, 6.07) is 62.6. The maximum atomic E-state index is 6.71. The van der Waals surface area contributed by atoms with Crippen LogP contribution in [0.25, 0.3) is 98.2 Å². The third-order valence-electron chi connectivity index (χ3n) is 10.9. The number of anilines is 3. The standard InChI is InChI=1S/C51H30N4O2S/c1-3-14-31(15-4-1)49-52-50(38-21-13-25-46-48(38)37-20-9-12-24-45(37)58-46)54-51(53-49)40-29-34(30-44-47(40)36-19-8-11-23-42(36)57-44)55(32-16-5-2-6-17-32)33-26-27-43-39(28-33)35-18-7-10-22-41(35)56-43/h1-30H. The molecule has 0 spiro atoms. The van der Waals surface area contributed by atoms with Crippen molar-refractivity contribution < 1.29 is 8.83 Å². The van der Waals surface area contributed by atoms with Gasteiger partial charge in [-0.15, -0.1) is 11.3 Å². The van der Waals surface area contributed by atoms with Gasteiger partial charge in [0, 0.05) is 75.8 Å². The van der Waals surface area contributed by atoms with E-state index in [1.807, 2.05) is 54.6 Å². The molecular weight excluding hydrogens is 733 g/mol. The van der Waals surface area contributed by atoms with E-state index in [9.17, 15) is 0 Å². The van der Waals surface area contributed by atoms with Crippen molar-refractivity contribution in [3.05, 3.63) is 182 Å². The summed E-state index contributed by atoms with van der Waals surface area (Å²) in [6.45, 7) is 0. The highest BCUT2D eigenvalue weighted by Gasteiger charge is 2.24. The summed E-state index contributed by atoms with van der Waals surface area (Å²) in [5.41, 5.74) is 8.81. The first-order chi connectivity index (χ1) is 28.7. The molecule has 0 aliphatic carbocycles. The molecule has 0 aliphatic heterocycles. The number of para-hydroxylation sites is 3. The van der Waals surface area contributed by atoms with Gasteiger partial charge in [-0.3, -0.25) is 0 Å². The minimum atomic E-state index is 0.558. The molecule has 4 aromatic heterocycles. The van der Waals surface area contributed by atoms with Crippen LogP contribution in [0.15, 0.2) is 191 Å². The van der Waals surface area contributed by atoms with Crippen LogP contribution in [-0.4, -0.2) is 15.0 Å². The molecule has 272 valence electrons. The number of fused-ring (bicyclic) bond motifs is 9. The fraction of sp³-hybridized carbons (Fsp3) is 0. The van der Waals surface area contributed by atoms with Crippen molar-refractivity contribution in [1.82, 2.24) is 15.0 Å². The molecule has 0 radical (unpaired) electrons. The highest BCUT2D eigenvalue weighted by molar-refractivity contribution is 7.25. The zero-order valence-electron chi connectivity index (χ0n) is 30.8. The van der Waals surface area contributed by atoms with Gasteiger partial charge in [-0.25, -0.2) is 15.0 Å². The predicted octanol–water partition coefficient (Wildman–Crippen LogP) is 14.5. The Kier molecular flexibility index (Phi) is 7.30. The molecule has 7 heteroatoms. The Balaban J connectivity index is 1.15. The third-order valence-corrected chi connectivity index (χ3v) is 12.0. The van der Waals surface area contributed by atoms with Crippen LogP contribution in [0.5, 0.6) is 0 Å². The number of thiophene rings is 1. The third kappa shape index (κ3) is 5.21. The zero-order valence-corrected chi connectivity index (χ0v) is 31.7. The minimum Gasteiger partial charge on any atom is -0.456 e. The molecule has 0 saturated heterocycles. The van der Waals surface area contributed by atoms with Crippen molar-refractivity contribution >= 4 is 92.4 Å². The van der Waals surface area contributed by atoms with Crippen molar-refractivity contribution in [2.45, 2.75) is 0 Å². The Labute approximate surface area is 335 Å². The number of benzene rings is 8.